The highest BCUT2D eigenvalue weighted by atomic mass is 32.2. The molecule has 0 fully saturated rings. The smallest absolute Gasteiger partial charge is 0.291 e. The van der Waals surface area contributed by atoms with E-state index in [1.165, 1.54) is 25.5 Å². The lowest BCUT2D eigenvalue weighted by Gasteiger charge is -2.12. The Morgan fingerprint density at radius 2 is 2.05 bits per heavy atom. The minimum atomic E-state index is -3.46. The van der Waals surface area contributed by atoms with E-state index in [1.54, 1.807) is 18.2 Å². The number of hydrogen-bond donors (Lipinski definition) is 2. The zero-order valence-electron chi connectivity index (χ0n) is 11.4. The first-order valence-corrected chi connectivity index (χ1v) is 7.79. The van der Waals surface area contributed by atoms with Gasteiger partial charge in [-0.2, -0.15) is 0 Å². The second kappa shape index (κ2) is 5.88. The SMILES string of the molecule is COc1ccc(NC(=O)c2ccco2)cc1NS(C)(=O)=O. The summed E-state index contributed by atoms with van der Waals surface area (Å²) in [4.78, 5) is 11.9. The average molecular weight is 310 g/mol. The largest absolute Gasteiger partial charge is 0.495 e. The van der Waals surface area contributed by atoms with Crippen LogP contribution in [0.2, 0.25) is 0 Å². The van der Waals surface area contributed by atoms with Crippen molar-refractivity contribution in [2.45, 2.75) is 0 Å². The summed E-state index contributed by atoms with van der Waals surface area (Å²) in [6.45, 7) is 0. The molecule has 8 heteroatoms. The first kappa shape index (κ1) is 14.9. The van der Waals surface area contributed by atoms with Gasteiger partial charge >= 0.3 is 0 Å². The maximum Gasteiger partial charge on any atom is 0.291 e. The van der Waals surface area contributed by atoms with Crippen LogP contribution in [0.1, 0.15) is 10.6 Å². The van der Waals surface area contributed by atoms with E-state index < -0.39 is 15.9 Å². The molecule has 2 rings (SSSR count). The van der Waals surface area contributed by atoms with Gasteiger partial charge in [-0.3, -0.25) is 9.52 Å². The van der Waals surface area contributed by atoms with Gasteiger partial charge in [-0.1, -0.05) is 0 Å². The van der Waals surface area contributed by atoms with Crippen molar-refractivity contribution in [3.05, 3.63) is 42.4 Å². The van der Waals surface area contributed by atoms with Crippen LogP contribution in [0.25, 0.3) is 0 Å². The average Bonchev–Trinajstić information content (AvgIpc) is 2.91. The van der Waals surface area contributed by atoms with Crippen LogP contribution in [0.3, 0.4) is 0 Å². The molecule has 0 aliphatic rings. The van der Waals surface area contributed by atoms with Crippen molar-refractivity contribution in [1.82, 2.24) is 0 Å². The first-order valence-electron chi connectivity index (χ1n) is 5.90. The molecule has 0 aliphatic carbocycles. The van der Waals surface area contributed by atoms with Crippen LogP contribution in [-0.2, 0) is 10.0 Å². The molecule has 0 unspecified atom stereocenters. The Morgan fingerprint density at radius 1 is 1.29 bits per heavy atom. The van der Waals surface area contributed by atoms with E-state index in [9.17, 15) is 13.2 Å². The molecule has 0 bridgehead atoms. The predicted octanol–water partition coefficient (Wildman–Crippen LogP) is 1.91. The molecule has 0 aliphatic heterocycles. The van der Waals surface area contributed by atoms with Crippen molar-refractivity contribution < 1.29 is 22.4 Å². The summed E-state index contributed by atoms with van der Waals surface area (Å²) in [5.41, 5.74) is 0.639. The van der Waals surface area contributed by atoms with E-state index in [4.69, 9.17) is 9.15 Å². The predicted molar refractivity (Wildman–Crippen MR) is 78.1 cm³/mol. The van der Waals surface area contributed by atoms with Gasteiger partial charge in [0.2, 0.25) is 10.0 Å². The molecule has 2 N–H and O–H groups in total. The highest BCUT2D eigenvalue weighted by molar-refractivity contribution is 7.92. The van der Waals surface area contributed by atoms with Gasteiger partial charge in [-0.25, -0.2) is 8.42 Å². The van der Waals surface area contributed by atoms with Gasteiger partial charge in [0.1, 0.15) is 5.75 Å². The first-order chi connectivity index (χ1) is 9.89. The normalized spacial score (nSPS) is 11.0. The molecule has 2 aromatic rings. The summed E-state index contributed by atoms with van der Waals surface area (Å²) in [5, 5.41) is 2.60. The van der Waals surface area contributed by atoms with Gasteiger partial charge in [0, 0.05) is 5.69 Å². The molecule has 1 heterocycles. The van der Waals surface area contributed by atoms with E-state index in [0.717, 1.165) is 6.26 Å². The lowest BCUT2D eigenvalue weighted by molar-refractivity contribution is 0.0996. The van der Waals surface area contributed by atoms with Crippen LogP contribution in [0, 0.1) is 0 Å². The van der Waals surface area contributed by atoms with E-state index in [1.807, 2.05) is 0 Å². The quantitative estimate of drug-likeness (QED) is 0.879. The van der Waals surface area contributed by atoms with Crippen molar-refractivity contribution in [3.63, 3.8) is 0 Å². The van der Waals surface area contributed by atoms with Crippen molar-refractivity contribution in [2.24, 2.45) is 0 Å². The number of rotatable bonds is 5. The number of anilines is 2. The van der Waals surface area contributed by atoms with Gasteiger partial charge < -0.3 is 14.5 Å². The number of amides is 1. The molecule has 0 saturated carbocycles. The van der Waals surface area contributed by atoms with Gasteiger partial charge in [-0.05, 0) is 30.3 Å². The Bertz CT molecular complexity index is 738. The molecule has 112 valence electrons. The molecule has 1 aromatic carbocycles. The number of furan rings is 1. The number of carbonyl (C=O) groups is 1. The lowest BCUT2D eigenvalue weighted by Crippen LogP contribution is -2.13. The van der Waals surface area contributed by atoms with Crippen LogP contribution >= 0.6 is 0 Å². The summed E-state index contributed by atoms with van der Waals surface area (Å²) in [7, 11) is -2.04. The van der Waals surface area contributed by atoms with Crippen LogP contribution in [0.15, 0.2) is 41.0 Å². The second-order valence-electron chi connectivity index (χ2n) is 4.22. The van der Waals surface area contributed by atoms with Crippen molar-refractivity contribution in [2.75, 3.05) is 23.4 Å². The number of carbonyl (C=O) groups excluding carboxylic acids is 1. The summed E-state index contributed by atoms with van der Waals surface area (Å²) in [5.74, 6) is 0.0651. The fourth-order valence-corrected chi connectivity index (χ4v) is 2.22. The maximum atomic E-state index is 11.9. The summed E-state index contributed by atoms with van der Waals surface area (Å²) < 4.78 is 35.0. The number of methoxy groups -OCH3 is 1. The van der Waals surface area contributed by atoms with Gasteiger partial charge in [0.05, 0.1) is 25.3 Å². The van der Waals surface area contributed by atoms with Crippen LogP contribution in [0.5, 0.6) is 5.75 Å². The van der Waals surface area contributed by atoms with Crippen molar-refractivity contribution >= 4 is 27.3 Å². The number of sulfonamides is 1. The van der Waals surface area contributed by atoms with E-state index >= 15 is 0 Å². The number of hydrogen-bond acceptors (Lipinski definition) is 5. The van der Waals surface area contributed by atoms with Gasteiger partial charge in [0.15, 0.2) is 5.76 Å². The van der Waals surface area contributed by atoms with E-state index in [-0.39, 0.29) is 11.4 Å². The third kappa shape index (κ3) is 3.99. The fraction of sp³-hybridized carbons (Fsp3) is 0.154. The minimum Gasteiger partial charge on any atom is -0.495 e. The van der Waals surface area contributed by atoms with Gasteiger partial charge in [0.25, 0.3) is 5.91 Å². The monoisotopic (exact) mass is 310 g/mol. The molecular weight excluding hydrogens is 296 g/mol. The van der Waals surface area contributed by atoms with Gasteiger partial charge in [-0.15, -0.1) is 0 Å². The molecule has 1 aromatic heterocycles. The minimum absolute atomic E-state index is 0.156. The topological polar surface area (TPSA) is 97.6 Å². The van der Waals surface area contributed by atoms with Crippen LogP contribution in [-0.4, -0.2) is 27.7 Å². The zero-order chi connectivity index (χ0) is 15.5. The Kier molecular flexibility index (Phi) is 4.18. The van der Waals surface area contributed by atoms with Crippen LogP contribution < -0.4 is 14.8 Å². The third-order valence-corrected chi connectivity index (χ3v) is 3.09. The molecule has 0 saturated heterocycles. The third-order valence-electron chi connectivity index (χ3n) is 2.50. The number of ether oxygens (including phenoxy) is 1. The molecule has 21 heavy (non-hydrogen) atoms. The number of benzene rings is 1. The zero-order valence-corrected chi connectivity index (χ0v) is 12.2. The molecular formula is C13H14N2O5S. The molecule has 0 radical (unpaired) electrons. The summed E-state index contributed by atoms with van der Waals surface area (Å²) in [6.07, 6.45) is 2.42. The van der Waals surface area contributed by atoms with Crippen molar-refractivity contribution in [1.29, 1.82) is 0 Å². The molecule has 7 nitrogen and oxygen atoms in total. The highest BCUT2D eigenvalue weighted by Gasteiger charge is 2.12. The Hall–Kier alpha value is -2.48. The maximum absolute atomic E-state index is 11.9. The van der Waals surface area contributed by atoms with Crippen LogP contribution in [0.4, 0.5) is 11.4 Å². The van der Waals surface area contributed by atoms with Crippen molar-refractivity contribution in [3.8, 4) is 5.75 Å². The highest BCUT2D eigenvalue weighted by Crippen LogP contribution is 2.28. The molecule has 1 amide bonds. The summed E-state index contributed by atoms with van der Waals surface area (Å²) in [6, 6.07) is 7.72. The number of nitrogens with one attached hydrogen (secondary N) is 2. The lowest BCUT2D eigenvalue weighted by atomic mass is 10.2. The summed E-state index contributed by atoms with van der Waals surface area (Å²) >= 11 is 0. The standard InChI is InChI=1S/C13H14N2O5S/c1-19-11-6-5-9(8-10(11)15-21(2,17)18)14-13(16)12-4-3-7-20-12/h3-8,15H,1-2H3,(H,14,16). The Balaban J connectivity index is 2.25. The van der Waals surface area contributed by atoms with E-state index in [2.05, 4.69) is 10.0 Å². The fourth-order valence-electron chi connectivity index (χ4n) is 1.67. The van der Waals surface area contributed by atoms with E-state index in [0.29, 0.717) is 11.4 Å². The molecule has 0 spiro atoms. The molecule has 0 atom stereocenters. The second-order valence-corrected chi connectivity index (χ2v) is 5.97. The Morgan fingerprint density at radius 3 is 2.62 bits per heavy atom. The Labute approximate surface area is 122 Å².